The van der Waals surface area contributed by atoms with Gasteiger partial charge in [-0.25, -0.2) is 9.97 Å². The van der Waals surface area contributed by atoms with Crippen LogP contribution in [0.2, 0.25) is 0 Å². The number of nitrogens with zero attached hydrogens (tertiary/aromatic N) is 3. The van der Waals surface area contributed by atoms with E-state index in [2.05, 4.69) is 52.5 Å². The third kappa shape index (κ3) is 2.43. The number of anilines is 2. The summed E-state index contributed by atoms with van der Waals surface area (Å²) in [5.74, 6) is 3.56. The molecule has 2 aromatic rings. The fourth-order valence-electron chi connectivity index (χ4n) is 3.24. The lowest BCUT2D eigenvalue weighted by Crippen LogP contribution is -2.39. The Hall–Kier alpha value is -2.10. The lowest BCUT2D eigenvalue weighted by atomic mass is 9.95. The number of fused-ring (bicyclic) bond motifs is 1. The Kier molecular flexibility index (Phi) is 3.25. The molecule has 0 radical (unpaired) electrons. The largest absolute Gasteiger partial charge is 0.373 e. The predicted octanol–water partition coefficient (Wildman–Crippen LogP) is 3.35. The molecule has 1 aromatic heterocycles. The molecule has 2 heterocycles. The first kappa shape index (κ1) is 13.6. The van der Waals surface area contributed by atoms with Gasteiger partial charge in [0.2, 0.25) is 0 Å². The fraction of sp³-hybridized carbons (Fsp3) is 0.444. The molecule has 1 aliphatic heterocycles. The lowest BCUT2D eigenvalue weighted by Gasteiger charge is -2.36. The molecule has 1 saturated carbocycles. The van der Waals surface area contributed by atoms with Crippen LogP contribution in [0, 0.1) is 0 Å². The van der Waals surface area contributed by atoms with Gasteiger partial charge in [0, 0.05) is 31.6 Å². The van der Waals surface area contributed by atoms with Crippen molar-refractivity contribution in [1.29, 1.82) is 0 Å². The summed E-state index contributed by atoms with van der Waals surface area (Å²) >= 11 is 0. The summed E-state index contributed by atoms with van der Waals surface area (Å²) in [5.41, 5.74) is 2.88. The van der Waals surface area contributed by atoms with E-state index in [4.69, 9.17) is 4.98 Å². The molecule has 0 bridgehead atoms. The molecular weight excluding hydrogens is 272 g/mol. The Morgan fingerprint density at radius 3 is 2.64 bits per heavy atom. The van der Waals surface area contributed by atoms with Crippen LogP contribution >= 0.6 is 0 Å². The Bertz CT molecular complexity index is 693. The van der Waals surface area contributed by atoms with Crippen molar-refractivity contribution in [2.75, 3.05) is 17.3 Å². The molecule has 0 saturated heterocycles. The highest BCUT2D eigenvalue weighted by molar-refractivity contribution is 5.52. The zero-order chi connectivity index (χ0) is 15.1. The SMILES string of the molecule is CNc1cc(N2Cc3ccccc3C[C@@H]2C)nc(C2CC2)n1. The van der Waals surface area contributed by atoms with Crippen molar-refractivity contribution in [2.45, 2.75) is 44.7 Å². The number of hydrogen-bond donors (Lipinski definition) is 1. The first-order valence-electron chi connectivity index (χ1n) is 8.15. The van der Waals surface area contributed by atoms with Crippen LogP contribution in [0.1, 0.15) is 42.6 Å². The van der Waals surface area contributed by atoms with E-state index in [0.29, 0.717) is 12.0 Å². The maximum atomic E-state index is 4.87. The molecule has 0 spiro atoms. The molecule has 4 nitrogen and oxygen atoms in total. The lowest BCUT2D eigenvalue weighted by molar-refractivity contribution is 0.585. The van der Waals surface area contributed by atoms with Gasteiger partial charge in [-0.3, -0.25) is 0 Å². The topological polar surface area (TPSA) is 41.0 Å². The van der Waals surface area contributed by atoms with Gasteiger partial charge in [0.15, 0.2) is 0 Å². The van der Waals surface area contributed by atoms with Gasteiger partial charge >= 0.3 is 0 Å². The third-order valence-electron chi connectivity index (χ3n) is 4.73. The molecule has 1 aromatic carbocycles. The molecule has 2 aliphatic rings. The number of aromatic nitrogens is 2. The molecule has 22 heavy (non-hydrogen) atoms. The van der Waals surface area contributed by atoms with Crippen molar-refractivity contribution in [3.8, 4) is 0 Å². The van der Waals surface area contributed by atoms with Crippen LogP contribution in [0.5, 0.6) is 0 Å². The molecule has 0 unspecified atom stereocenters. The van der Waals surface area contributed by atoms with Crippen molar-refractivity contribution < 1.29 is 0 Å². The van der Waals surface area contributed by atoms with Crippen LogP contribution in [-0.4, -0.2) is 23.1 Å². The van der Waals surface area contributed by atoms with Gasteiger partial charge in [-0.2, -0.15) is 0 Å². The van der Waals surface area contributed by atoms with Crippen molar-refractivity contribution in [2.24, 2.45) is 0 Å². The van der Waals surface area contributed by atoms with Gasteiger partial charge in [0.25, 0.3) is 0 Å². The minimum atomic E-state index is 0.460. The highest BCUT2D eigenvalue weighted by Crippen LogP contribution is 2.39. The van der Waals surface area contributed by atoms with Crippen LogP contribution in [0.15, 0.2) is 30.3 Å². The van der Waals surface area contributed by atoms with Crippen LogP contribution in [-0.2, 0) is 13.0 Å². The molecule has 1 N–H and O–H groups in total. The second-order valence-corrected chi connectivity index (χ2v) is 6.44. The number of rotatable bonds is 3. The Morgan fingerprint density at radius 2 is 1.91 bits per heavy atom. The van der Waals surface area contributed by atoms with E-state index in [1.165, 1.54) is 24.0 Å². The summed E-state index contributed by atoms with van der Waals surface area (Å²) in [6.07, 6.45) is 3.53. The predicted molar refractivity (Wildman–Crippen MR) is 89.3 cm³/mol. The third-order valence-corrected chi connectivity index (χ3v) is 4.73. The molecule has 0 amide bonds. The second-order valence-electron chi connectivity index (χ2n) is 6.44. The summed E-state index contributed by atoms with van der Waals surface area (Å²) in [6, 6.07) is 11.3. The molecule has 4 rings (SSSR count). The summed E-state index contributed by atoms with van der Waals surface area (Å²) in [6.45, 7) is 3.22. The van der Waals surface area contributed by atoms with Gasteiger partial charge in [0.1, 0.15) is 17.5 Å². The highest BCUT2D eigenvalue weighted by atomic mass is 15.2. The van der Waals surface area contributed by atoms with E-state index >= 15 is 0 Å². The summed E-state index contributed by atoms with van der Waals surface area (Å²) in [7, 11) is 1.93. The van der Waals surface area contributed by atoms with Gasteiger partial charge in [-0.15, -0.1) is 0 Å². The first-order chi connectivity index (χ1) is 10.7. The van der Waals surface area contributed by atoms with E-state index in [9.17, 15) is 0 Å². The molecule has 114 valence electrons. The summed E-state index contributed by atoms with van der Waals surface area (Å²) in [4.78, 5) is 11.9. The van der Waals surface area contributed by atoms with Crippen LogP contribution in [0.3, 0.4) is 0 Å². The van der Waals surface area contributed by atoms with Crippen LogP contribution < -0.4 is 10.2 Å². The van der Waals surface area contributed by atoms with E-state index in [0.717, 1.165) is 30.4 Å². The Morgan fingerprint density at radius 1 is 1.14 bits per heavy atom. The Balaban J connectivity index is 1.70. The van der Waals surface area contributed by atoms with E-state index in [1.54, 1.807) is 0 Å². The Labute approximate surface area is 131 Å². The van der Waals surface area contributed by atoms with Gasteiger partial charge in [-0.05, 0) is 37.3 Å². The van der Waals surface area contributed by atoms with Crippen molar-refractivity contribution >= 4 is 11.6 Å². The normalized spacial score (nSPS) is 20.6. The molecular formula is C18H22N4. The standard InChI is InChI=1S/C18H22N4/c1-12-9-14-5-3-4-6-15(14)11-22(12)17-10-16(19-2)20-18(21-17)13-7-8-13/h3-6,10,12-13H,7-9,11H2,1-2H3,(H,19,20,21)/t12-/m0/s1. The van der Waals surface area contributed by atoms with Crippen LogP contribution in [0.4, 0.5) is 11.6 Å². The molecule has 1 aliphatic carbocycles. The summed E-state index contributed by atoms with van der Waals surface area (Å²) < 4.78 is 0. The minimum absolute atomic E-state index is 0.460. The van der Waals surface area contributed by atoms with E-state index < -0.39 is 0 Å². The van der Waals surface area contributed by atoms with Gasteiger partial charge in [0.05, 0.1) is 0 Å². The van der Waals surface area contributed by atoms with E-state index in [-0.39, 0.29) is 0 Å². The van der Waals surface area contributed by atoms with Gasteiger partial charge < -0.3 is 10.2 Å². The second kappa shape index (κ2) is 5.27. The van der Waals surface area contributed by atoms with Crippen molar-refractivity contribution in [1.82, 2.24) is 9.97 Å². The van der Waals surface area contributed by atoms with Crippen LogP contribution in [0.25, 0.3) is 0 Å². The minimum Gasteiger partial charge on any atom is -0.373 e. The van der Waals surface area contributed by atoms with Gasteiger partial charge in [-0.1, -0.05) is 24.3 Å². The first-order valence-corrected chi connectivity index (χ1v) is 8.15. The van der Waals surface area contributed by atoms with Crippen molar-refractivity contribution in [3.05, 3.63) is 47.3 Å². The zero-order valence-electron chi connectivity index (χ0n) is 13.2. The molecule has 1 atom stereocenters. The zero-order valence-corrected chi connectivity index (χ0v) is 13.2. The quantitative estimate of drug-likeness (QED) is 0.942. The average Bonchev–Trinajstić information content (AvgIpc) is 3.38. The van der Waals surface area contributed by atoms with E-state index in [1.807, 2.05) is 7.05 Å². The number of hydrogen-bond acceptors (Lipinski definition) is 4. The number of benzene rings is 1. The highest BCUT2D eigenvalue weighted by Gasteiger charge is 2.29. The molecule has 4 heteroatoms. The maximum Gasteiger partial charge on any atom is 0.136 e. The number of nitrogens with one attached hydrogen (secondary N) is 1. The monoisotopic (exact) mass is 294 g/mol. The smallest absolute Gasteiger partial charge is 0.136 e. The average molecular weight is 294 g/mol. The summed E-state index contributed by atoms with van der Waals surface area (Å²) in [5, 5.41) is 3.19. The van der Waals surface area contributed by atoms with Crippen molar-refractivity contribution in [3.63, 3.8) is 0 Å². The fourth-order valence-corrected chi connectivity index (χ4v) is 3.24. The maximum absolute atomic E-state index is 4.87. The molecule has 1 fully saturated rings.